The molecule has 0 aromatic heterocycles. The number of amides is 1. The van der Waals surface area contributed by atoms with Gasteiger partial charge in [-0.3, -0.25) is 4.79 Å². The molecule has 0 aliphatic heterocycles. The third-order valence-corrected chi connectivity index (χ3v) is 4.06. The van der Waals surface area contributed by atoms with Gasteiger partial charge >= 0.3 is 0 Å². The van der Waals surface area contributed by atoms with Crippen LogP contribution in [-0.4, -0.2) is 29.9 Å². The Labute approximate surface area is 132 Å². The molecule has 21 heavy (non-hydrogen) atoms. The van der Waals surface area contributed by atoms with Crippen molar-refractivity contribution in [1.29, 1.82) is 0 Å². The van der Waals surface area contributed by atoms with Gasteiger partial charge in [-0.1, -0.05) is 72.1 Å². The first-order chi connectivity index (χ1) is 10.2. The van der Waals surface area contributed by atoms with Gasteiger partial charge in [0.15, 0.2) is 0 Å². The van der Waals surface area contributed by atoms with E-state index >= 15 is 0 Å². The van der Waals surface area contributed by atoms with E-state index in [2.05, 4.69) is 20.8 Å². The van der Waals surface area contributed by atoms with E-state index in [-0.39, 0.29) is 11.9 Å². The molecule has 0 unspecified atom stereocenters. The summed E-state index contributed by atoms with van der Waals surface area (Å²) in [4.78, 5) is 14.5. The van der Waals surface area contributed by atoms with Crippen LogP contribution in [-0.2, 0) is 4.79 Å². The summed E-state index contributed by atoms with van der Waals surface area (Å²) < 4.78 is 0. The van der Waals surface area contributed by atoms with E-state index < -0.39 is 0 Å². The fraction of sp³-hybridized carbons (Fsp3) is 0.944. The Balaban J connectivity index is 4.22. The van der Waals surface area contributed by atoms with Gasteiger partial charge in [0.2, 0.25) is 5.91 Å². The molecule has 126 valence electrons. The van der Waals surface area contributed by atoms with Gasteiger partial charge in [0.25, 0.3) is 0 Å². The van der Waals surface area contributed by atoms with Gasteiger partial charge in [-0.05, 0) is 19.3 Å². The lowest BCUT2D eigenvalue weighted by molar-refractivity contribution is -0.133. The highest BCUT2D eigenvalue weighted by Gasteiger charge is 2.19. The summed E-state index contributed by atoms with van der Waals surface area (Å²) in [7, 11) is 0. The number of hydrogen-bond acceptors (Lipinski definition) is 2. The van der Waals surface area contributed by atoms with Crippen LogP contribution in [0.4, 0.5) is 0 Å². The lowest BCUT2D eigenvalue weighted by atomic mass is 10.1. The maximum absolute atomic E-state index is 12.5. The van der Waals surface area contributed by atoms with Gasteiger partial charge in [-0.25, -0.2) is 0 Å². The van der Waals surface area contributed by atoms with Crippen molar-refractivity contribution < 1.29 is 4.79 Å². The van der Waals surface area contributed by atoms with Crippen molar-refractivity contribution in [2.45, 2.75) is 97.4 Å². The monoisotopic (exact) mass is 298 g/mol. The van der Waals surface area contributed by atoms with Crippen LogP contribution in [0.5, 0.6) is 0 Å². The van der Waals surface area contributed by atoms with Crippen LogP contribution in [0.2, 0.25) is 0 Å². The van der Waals surface area contributed by atoms with E-state index in [0.717, 1.165) is 45.2 Å². The highest BCUT2D eigenvalue weighted by molar-refractivity contribution is 5.81. The van der Waals surface area contributed by atoms with Crippen LogP contribution in [0.25, 0.3) is 0 Å². The molecule has 0 aromatic rings. The second-order valence-corrected chi connectivity index (χ2v) is 6.20. The molecular weight excluding hydrogens is 260 g/mol. The van der Waals surface area contributed by atoms with Crippen molar-refractivity contribution in [3.05, 3.63) is 0 Å². The Kier molecular flexibility index (Phi) is 14.0. The summed E-state index contributed by atoms with van der Waals surface area (Å²) in [5.74, 6) is 0.177. The van der Waals surface area contributed by atoms with Gasteiger partial charge in [-0.2, -0.15) is 0 Å². The molecule has 0 heterocycles. The summed E-state index contributed by atoms with van der Waals surface area (Å²) in [5.41, 5.74) is 6.07. The molecule has 0 saturated heterocycles. The lowest BCUT2D eigenvalue weighted by Gasteiger charge is -2.26. The van der Waals surface area contributed by atoms with Crippen LogP contribution in [0, 0.1) is 0 Å². The highest BCUT2D eigenvalue weighted by atomic mass is 16.2. The fourth-order valence-corrected chi connectivity index (χ4v) is 2.57. The normalized spacial score (nSPS) is 12.4. The number of carbonyl (C=O) groups excluding carboxylic acids is 1. The van der Waals surface area contributed by atoms with Gasteiger partial charge in [-0.15, -0.1) is 0 Å². The molecular formula is C18H38N2O. The molecule has 0 spiro atoms. The third-order valence-electron chi connectivity index (χ3n) is 4.06. The zero-order valence-corrected chi connectivity index (χ0v) is 14.7. The molecule has 0 radical (unpaired) electrons. The van der Waals surface area contributed by atoms with Crippen LogP contribution >= 0.6 is 0 Å². The predicted molar refractivity (Wildman–Crippen MR) is 92.4 cm³/mol. The topological polar surface area (TPSA) is 46.3 Å². The Morgan fingerprint density at radius 1 is 0.810 bits per heavy atom. The quantitative estimate of drug-likeness (QED) is 0.480. The molecule has 0 fully saturated rings. The van der Waals surface area contributed by atoms with E-state index in [9.17, 15) is 4.79 Å². The van der Waals surface area contributed by atoms with Gasteiger partial charge in [0.1, 0.15) is 0 Å². The van der Waals surface area contributed by atoms with E-state index in [1.165, 1.54) is 38.5 Å². The lowest BCUT2D eigenvalue weighted by Crippen LogP contribution is -2.44. The van der Waals surface area contributed by atoms with Gasteiger partial charge in [0.05, 0.1) is 6.04 Å². The average Bonchev–Trinajstić information content (AvgIpc) is 2.50. The van der Waals surface area contributed by atoms with E-state index in [0.29, 0.717) is 0 Å². The number of carbonyl (C=O) groups is 1. The van der Waals surface area contributed by atoms with Crippen LogP contribution in [0.15, 0.2) is 0 Å². The molecule has 1 amide bonds. The van der Waals surface area contributed by atoms with Crippen LogP contribution in [0.1, 0.15) is 91.4 Å². The largest absolute Gasteiger partial charge is 0.341 e. The molecule has 0 bridgehead atoms. The Bertz CT molecular complexity index is 231. The van der Waals surface area contributed by atoms with E-state index in [1.807, 2.05) is 4.90 Å². The summed E-state index contributed by atoms with van der Waals surface area (Å²) in [5, 5.41) is 0. The minimum absolute atomic E-state index is 0.177. The SMILES string of the molecule is CCCCCCN(CCCCCC)C(=O)[C@@H](N)CCCC. The number of unbranched alkanes of at least 4 members (excludes halogenated alkanes) is 7. The first-order valence-corrected chi connectivity index (χ1v) is 9.21. The summed E-state index contributed by atoms with van der Waals surface area (Å²) >= 11 is 0. The molecule has 0 aliphatic rings. The van der Waals surface area contributed by atoms with Crippen molar-refractivity contribution >= 4 is 5.91 Å². The highest BCUT2D eigenvalue weighted by Crippen LogP contribution is 2.09. The maximum atomic E-state index is 12.5. The molecule has 0 aromatic carbocycles. The van der Waals surface area contributed by atoms with E-state index in [1.54, 1.807) is 0 Å². The van der Waals surface area contributed by atoms with Gasteiger partial charge in [0, 0.05) is 13.1 Å². The molecule has 0 rings (SSSR count). The number of rotatable bonds is 14. The average molecular weight is 299 g/mol. The molecule has 3 heteroatoms. The van der Waals surface area contributed by atoms with Crippen molar-refractivity contribution in [3.63, 3.8) is 0 Å². The molecule has 0 aliphatic carbocycles. The van der Waals surface area contributed by atoms with Gasteiger partial charge < -0.3 is 10.6 Å². The first kappa shape index (κ1) is 20.4. The fourth-order valence-electron chi connectivity index (χ4n) is 2.57. The maximum Gasteiger partial charge on any atom is 0.239 e. The summed E-state index contributed by atoms with van der Waals surface area (Å²) in [6.45, 7) is 8.36. The van der Waals surface area contributed by atoms with Crippen LogP contribution in [0.3, 0.4) is 0 Å². The number of nitrogens with zero attached hydrogens (tertiary/aromatic N) is 1. The molecule has 3 nitrogen and oxygen atoms in total. The Morgan fingerprint density at radius 3 is 1.71 bits per heavy atom. The van der Waals surface area contributed by atoms with Crippen molar-refractivity contribution in [3.8, 4) is 0 Å². The van der Waals surface area contributed by atoms with E-state index in [4.69, 9.17) is 5.73 Å². The van der Waals surface area contributed by atoms with Crippen molar-refractivity contribution in [2.75, 3.05) is 13.1 Å². The molecule has 0 saturated carbocycles. The predicted octanol–water partition coefficient (Wildman–Crippen LogP) is 4.49. The summed E-state index contributed by atoms with van der Waals surface area (Å²) in [6, 6.07) is -0.290. The molecule has 2 N–H and O–H groups in total. The summed E-state index contributed by atoms with van der Waals surface area (Å²) in [6.07, 6.45) is 12.7. The Morgan fingerprint density at radius 2 is 1.29 bits per heavy atom. The number of nitrogens with two attached hydrogens (primary N) is 1. The third kappa shape index (κ3) is 10.8. The van der Waals surface area contributed by atoms with Crippen molar-refractivity contribution in [2.24, 2.45) is 5.73 Å². The smallest absolute Gasteiger partial charge is 0.239 e. The first-order valence-electron chi connectivity index (χ1n) is 9.21. The zero-order chi connectivity index (χ0) is 15.9. The second kappa shape index (κ2) is 14.4. The second-order valence-electron chi connectivity index (χ2n) is 6.20. The molecule has 1 atom stereocenters. The van der Waals surface area contributed by atoms with Crippen LogP contribution < -0.4 is 5.73 Å². The minimum Gasteiger partial charge on any atom is -0.341 e. The Hall–Kier alpha value is -0.570. The van der Waals surface area contributed by atoms with Crippen molar-refractivity contribution in [1.82, 2.24) is 4.90 Å². The zero-order valence-electron chi connectivity index (χ0n) is 14.7. The minimum atomic E-state index is -0.290. The number of hydrogen-bond donors (Lipinski definition) is 1. The standard InChI is InChI=1S/C18H38N2O/c1-4-7-10-12-15-20(16-13-11-8-5-2)18(21)17(19)14-9-6-3/h17H,4-16,19H2,1-3H3/t17-/m0/s1.